The maximum atomic E-state index is 12.6. The molecule has 18 heavy (non-hydrogen) atoms. The van der Waals surface area contributed by atoms with Gasteiger partial charge in [-0.2, -0.15) is 13.2 Å². The molecule has 0 unspecified atom stereocenters. The maximum Gasteiger partial charge on any atom is 0.417 e. The summed E-state index contributed by atoms with van der Waals surface area (Å²) < 4.78 is 37.7. The number of nitrogens with zero attached hydrogens (tertiary/aromatic N) is 1. The molecule has 100 valence electrons. The van der Waals surface area contributed by atoms with Crippen molar-refractivity contribution < 1.29 is 22.9 Å². The highest BCUT2D eigenvalue weighted by Gasteiger charge is 2.38. The van der Waals surface area contributed by atoms with Crippen molar-refractivity contribution in [3.05, 3.63) is 39.4 Å². The molecule has 0 aromatic heterocycles. The number of hydrogen-bond donors (Lipinski definition) is 1. The van der Waals surface area contributed by atoms with Gasteiger partial charge >= 0.3 is 6.18 Å². The molecular weight excluding hydrogens is 277 g/mol. The molecule has 0 fully saturated rings. The van der Waals surface area contributed by atoms with E-state index in [1.165, 1.54) is 0 Å². The molecule has 0 atom stereocenters. The Morgan fingerprint density at radius 1 is 1.39 bits per heavy atom. The molecule has 1 aromatic rings. The van der Waals surface area contributed by atoms with Crippen molar-refractivity contribution in [1.29, 1.82) is 0 Å². The summed E-state index contributed by atoms with van der Waals surface area (Å²) in [7, 11) is 0. The fraction of sp³-hybridized carbons (Fsp3) is 0.222. The lowest BCUT2D eigenvalue weighted by Crippen LogP contribution is -2.20. The van der Waals surface area contributed by atoms with Crippen LogP contribution in [0.4, 0.5) is 18.9 Å². The van der Waals surface area contributed by atoms with Crippen LogP contribution in [0.15, 0.2) is 18.2 Å². The number of nitro benzene ring substituents is 1. The average Bonchev–Trinajstić information content (AvgIpc) is 2.25. The summed E-state index contributed by atoms with van der Waals surface area (Å²) in [5, 5.41) is 10.6. The molecule has 9 heteroatoms. The third-order valence-corrected chi connectivity index (χ3v) is 2.01. The molecule has 0 heterocycles. The van der Waals surface area contributed by atoms with E-state index in [0.717, 1.165) is 12.1 Å². The SMILES string of the molecule is Cl.NCC(=O)c1c([N+](=O)[O-])cccc1C(F)(F)F. The third-order valence-electron chi connectivity index (χ3n) is 2.01. The van der Waals surface area contributed by atoms with Crippen molar-refractivity contribution in [2.75, 3.05) is 6.54 Å². The second-order valence-corrected chi connectivity index (χ2v) is 3.08. The van der Waals surface area contributed by atoms with E-state index in [-0.39, 0.29) is 12.4 Å². The van der Waals surface area contributed by atoms with Crippen LogP contribution >= 0.6 is 12.4 Å². The number of ketones is 1. The highest BCUT2D eigenvalue weighted by atomic mass is 35.5. The zero-order chi connectivity index (χ0) is 13.2. The van der Waals surface area contributed by atoms with Gasteiger partial charge in [0, 0.05) is 6.07 Å². The molecule has 0 saturated carbocycles. The Morgan fingerprint density at radius 2 is 1.94 bits per heavy atom. The van der Waals surface area contributed by atoms with Gasteiger partial charge in [-0.3, -0.25) is 14.9 Å². The smallest absolute Gasteiger partial charge is 0.324 e. The molecular formula is C9H8ClF3N2O3. The summed E-state index contributed by atoms with van der Waals surface area (Å²) in [5.41, 5.74) is 1.71. The second-order valence-electron chi connectivity index (χ2n) is 3.08. The number of alkyl halides is 3. The zero-order valence-corrected chi connectivity index (χ0v) is 9.55. The summed E-state index contributed by atoms with van der Waals surface area (Å²) in [6.45, 7) is -0.728. The van der Waals surface area contributed by atoms with Gasteiger partial charge in [-0.05, 0) is 6.07 Å². The van der Waals surface area contributed by atoms with Crippen LogP contribution in [0.3, 0.4) is 0 Å². The minimum Gasteiger partial charge on any atom is -0.324 e. The maximum absolute atomic E-state index is 12.6. The molecule has 2 N–H and O–H groups in total. The first-order valence-corrected chi connectivity index (χ1v) is 4.37. The molecule has 0 aliphatic carbocycles. The Labute approximate surface area is 105 Å². The summed E-state index contributed by atoms with van der Waals surface area (Å²) in [6, 6.07) is 2.31. The van der Waals surface area contributed by atoms with Crippen LogP contribution < -0.4 is 5.73 Å². The van der Waals surface area contributed by atoms with Crippen molar-refractivity contribution >= 4 is 23.9 Å². The molecule has 5 nitrogen and oxygen atoms in total. The van der Waals surface area contributed by atoms with Crippen molar-refractivity contribution in [3.63, 3.8) is 0 Å². The predicted octanol–water partition coefficient (Wildman–Crippen LogP) is 2.18. The van der Waals surface area contributed by atoms with E-state index in [0.29, 0.717) is 6.07 Å². The van der Waals surface area contributed by atoms with Gasteiger partial charge in [-0.15, -0.1) is 12.4 Å². The van der Waals surface area contributed by atoms with E-state index in [1.54, 1.807) is 0 Å². The molecule has 1 aromatic carbocycles. The van der Waals surface area contributed by atoms with Gasteiger partial charge < -0.3 is 5.73 Å². The Balaban J connectivity index is 0.00000289. The van der Waals surface area contributed by atoms with Gasteiger partial charge in [-0.25, -0.2) is 0 Å². The number of hydrogen-bond acceptors (Lipinski definition) is 4. The molecule has 1 rings (SSSR count). The first kappa shape index (κ1) is 16.3. The summed E-state index contributed by atoms with van der Waals surface area (Å²) in [4.78, 5) is 20.8. The van der Waals surface area contributed by atoms with Crippen molar-refractivity contribution in [2.24, 2.45) is 5.73 Å². The van der Waals surface area contributed by atoms with E-state index < -0.39 is 40.2 Å². The topological polar surface area (TPSA) is 86.2 Å². The number of carbonyl (C=O) groups excluding carboxylic acids is 1. The van der Waals surface area contributed by atoms with Crippen LogP contribution in [-0.2, 0) is 6.18 Å². The van der Waals surface area contributed by atoms with Gasteiger partial charge in [-0.1, -0.05) is 6.07 Å². The third kappa shape index (κ3) is 3.17. The van der Waals surface area contributed by atoms with Crippen LogP contribution in [0, 0.1) is 10.1 Å². The standard InChI is InChI=1S/C9H7F3N2O3.ClH/c10-9(11,12)5-2-1-3-6(14(16)17)8(5)7(15)4-13;/h1-3H,4,13H2;1H. The normalized spacial score (nSPS) is 10.7. The Bertz CT molecular complexity index is 477. The number of halogens is 4. The van der Waals surface area contributed by atoms with E-state index in [4.69, 9.17) is 5.73 Å². The zero-order valence-electron chi connectivity index (χ0n) is 8.73. The molecule has 0 aliphatic rings. The van der Waals surface area contributed by atoms with Crippen molar-refractivity contribution in [3.8, 4) is 0 Å². The van der Waals surface area contributed by atoms with Crippen LogP contribution in [0.2, 0.25) is 0 Å². The Kier molecular flexibility index (Phi) is 5.25. The highest BCUT2D eigenvalue weighted by Crippen LogP contribution is 2.35. The van der Waals surface area contributed by atoms with Crippen molar-refractivity contribution in [2.45, 2.75) is 6.18 Å². The average molecular weight is 285 g/mol. The number of nitrogens with two attached hydrogens (primary N) is 1. The van der Waals surface area contributed by atoms with Crippen molar-refractivity contribution in [1.82, 2.24) is 0 Å². The number of rotatable bonds is 3. The lowest BCUT2D eigenvalue weighted by Gasteiger charge is -2.11. The van der Waals surface area contributed by atoms with E-state index in [2.05, 4.69) is 0 Å². The van der Waals surface area contributed by atoms with Gasteiger partial charge in [0.25, 0.3) is 5.69 Å². The van der Waals surface area contributed by atoms with Gasteiger partial charge in [0.05, 0.1) is 17.0 Å². The van der Waals surface area contributed by atoms with Gasteiger partial charge in [0.2, 0.25) is 0 Å². The Morgan fingerprint density at radius 3 is 2.33 bits per heavy atom. The largest absolute Gasteiger partial charge is 0.417 e. The quantitative estimate of drug-likeness (QED) is 0.523. The van der Waals surface area contributed by atoms with Crippen LogP contribution in [-0.4, -0.2) is 17.3 Å². The van der Waals surface area contributed by atoms with Crippen LogP contribution in [0.5, 0.6) is 0 Å². The van der Waals surface area contributed by atoms with Crippen LogP contribution in [0.25, 0.3) is 0 Å². The minimum absolute atomic E-state index is 0. The summed E-state index contributed by atoms with van der Waals surface area (Å²) in [5.74, 6) is -1.12. The second kappa shape index (κ2) is 5.78. The minimum atomic E-state index is -4.84. The van der Waals surface area contributed by atoms with Crippen LogP contribution in [0.1, 0.15) is 15.9 Å². The molecule has 0 saturated heterocycles. The van der Waals surface area contributed by atoms with Gasteiger partial charge in [0.1, 0.15) is 5.56 Å². The first-order chi connectivity index (χ1) is 7.79. The molecule has 0 amide bonds. The van der Waals surface area contributed by atoms with E-state index in [1.807, 2.05) is 0 Å². The van der Waals surface area contributed by atoms with E-state index in [9.17, 15) is 28.1 Å². The fourth-order valence-corrected chi connectivity index (χ4v) is 1.32. The van der Waals surface area contributed by atoms with Gasteiger partial charge in [0.15, 0.2) is 5.78 Å². The summed E-state index contributed by atoms with van der Waals surface area (Å²) in [6.07, 6.45) is -4.84. The number of nitro groups is 1. The number of benzene rings is 1. The fourth-order valence-electron chi connectivity index (χ4n) is 1.32. The summed E-state index contributed by atoms with van der Waals surface area (Å²) >= 11 is 0. The molecule has 0 spiro atoms. The number of carbonyl (C=O) groups is 1. The molecule has 0 bridgehead atoms. The first-order valence-electron chi connectivity index (χ1n) is 4.37. The monoisotopic (exact) mass is 284 g/mol. The lowest BCUT2D eigenvalue weighted by atomic mass is 10.0. The predicted molar refractivity (Wildman–Crippen MR) is 58.7 cm³/mol. The number of Topliss-reactive ketones (excluding diaryl/α,β-unsaturated/α-hetero) is 1. The Hall–Kier alpha value is -1.67. The highest BCUT2D eigenvalue weighted by molar-refractivity contribution is 6.02. The van der Waals surface area contributed by atoms with E-state index >= 15 is 0 Å². The molecule has 0 radical (unpaired) electrons. The lowest BCUT2D eigenvalue weighted by molar-refractivity contribution is -0.385. The molecule has 0 aliphatic heterocycles.